The van der Waals surface area contributed by atoms with Gasteiger partial charge in [0.15, 0.2) is 11.5 Å². The summed E-state index contributed by atoms with van der Waals surface area (Å²) in [5.74, 6) is 0.180. The molecule has 1 heterocycles. The van der Waals surface area contributed by atoms with E-state index in [2.05, 4.69) is 5.32 Å². The number of nitrogens with one attached hydrogen (secondary N) is 1. The zero-order chi connectivity index (χ0) is 23.6. The van der Waals surface area contributed by atoms with Crippen LogP contribution >= 0.6 is 11.6 Å². The first-order chi connectivity index (χ1) is 15.8. The van der Waals surface area contributed by atoms with E-state index >= 15 is 0 Å². The quantitative estimate of drug-likeness (QED) is 0.567. The molecule has 0 saturated carbocycles. The predicted molar refractivity (Wildman–Crippen MR) is 122 cm³/mol. The van der Waals surface area contributed by atoms with Crippen molar-refractivity contribution in [2.45, 2.75) is 11.0 Å². The van der Waals surface area contributed by atoms with E-state index in [0.717, 1.165) is 16.4 Å². The fraction of sp³-hybridized carbons (Fsp3) is 0.174. The maximum atomic E-state index is 13.2. The molecule has 0 aliphatic carbocycles. The van der Waals surface area contributed by atoms with Crippen LogP contribution in [0.5, 0.6) is 11.5 Å². The zero-order valence-corrected chi connectivity index (χ0v) is 19.1. The molecule has 33 heavy (non-hydrogen) atoms. The van der Waals surface area contributed by atoms with Gasteiger partial charge in [0.05, 0.1) is 27.7 Å². The molecule has 0 saturated heterocycles. The average molecular weight is 491 g/mol. The van der Waals surface area contributed by atoms with Crippen molar-refractivity contribution >= 4 is 33.2 Å². The molecule has 1 aliphatic heterocycles. The summed E-state index contributed by atoms with van der Waals surface area (Å²) in [6.07, 6.45) is -0.417. The fourth-order valence-electron chi connectivity index (χ4n) is 3.25. The number of amides is 1. The second kappa shape index (κ2) is 9.29. The summed E-state index contributed by atoms with van der Waals surface area (Å²) < 4.78 is 51.7. The van der Waals surface area contributed by atoms with Crippen LogP contribution in [0.15, 0.2) is 71.6 Å². The summed E-state index contributed by atoms with van der Waals surface area (Å²) in [5, 5.41) is 2.81. The lowest BCUT2D eigenvalue weighted by Gasteiger charge is -2.26. The molecule has 3 aromatic carbocycles. The van der Waals surface area contributed by atoms with Crippen LogP contribution in [0.1, 0.15) is 10.4 Å². The van der Waals surface area contributed by atoms with Gasteiger partial charge in [0.25, 0.3) is 15.9 Å². The molecule has 3 aromatic rings. The van der Waals surface area contributed by atoms with Gasteiger partial charge in [-0.2, -0.15) is 0 Å². The maximum Gasteiger partial charge on any atom is 0.264 e. The number of sulfonamides is 1. The van der Waals surface area contributed by atoms with Crippen molar-refractivity contribution in [3.63, 3.8) is 0 Å². The van der Waals surface area contributed by atoms with Gasteiger partial charge < -0.3 is 14.8 Å². The van der Waals surface area contributed by atoms with Gasteiger partial charge in [-0.05, 0) is 54.6 Å². The smallest absolute Gasteiger partial charge is 0.264 e. The Labute approximate surface area is 195 Å². The Bertz CT molecular complexity index is 1280. The van der Waals surface area contributed by atoms with Gasteiger partial charge in [-0.1, -0.05) is 23.7 Å². The molecule has 1 aliphatic rings. The summed E-state index contributed by atoms with van der Waals surface area (Å²) >= 11 is 6.18. The monoisotopic (exact) mass is 490 g/mol. The number of para-hydroxylation sites is 2. The third-order valence-corrected chi connectivity index (χ3v) is 7.20. The third kappa shape index (κ3) is 4.89. The van der Waals surface area contributed by atoms with Crippen LogP contribution in [-0.2, 0) is 10.0 Å². The van der Waals surface area contributed by atoms with Gasteiger partial charge >= 0.3 is 0 Å². The number of nitrogens with zero attached hydrogens (tertiary/aromatic N) is 1. The van der Waals surface area contributed by atoms with Crippen LogP contribution in [0.2, 0.25) is 5.02 Å². The van der Waals surface area contributed by atoms with Crippen molar-refractivity contribution in [1.82, 2.24) is 5.32 Å². The number of carbonyl (C=O) groups is 1. The van der Waals surface area contributed by atoms with Crippen LogP contribution in [-0.4, -0.2) is 40.6 Å². The fourth-order valence-corrected chi connectivity index (χ4v) is 4.68. The van der Waals surface area contributed by atoms with Gasteiger partial charge in [0, 0.05) is 7.05 Å². The molecule has 1 atom stereocenters. The maximum absolute atomic E-state index is 13.2. The summed E-state index contributed by atoms with van der Waals surface area (Å²) in [4.78, 5) is 12.6. The number of benzene rings is 3. The predicted octanol–water partition coefficient (Wildman–Crippen LogP) is 3.87. The number of anilines is 1. The standard InChI is InChI=1S/C23H20ClFN2O5S/c1-27(16-8-6-15(25)7-9-16)33(29,30)18-10-11-20(24)19(12-18)23(28)26-13-17-14-31-21-4-2-3-5-22(21)32-17/h2-12,17H,13-14H2,1H3,(H,26,28). The highest BCUT2D eigenvalue weighted by Crippen LogP contribution is 2.31. The van der Waals surface area contributed by atoms with E-state index in [4.69, 9.17) is 21.1 Å². The Kier molecular flexibility index (Phi) is 6.44. The van der Waals surface area contributed by atoms with Crippen molar-refractivity contribution in [3.8, 4) is 11.5 Å². The highest BCUT2D eigenvalue weighted by atomic mass is 35.5. The molecule has 1 unspecified atom stereocenters. The SMILES string of the molecule is CN(c1ccc(F)cc1)S(=O)(=O)c1ccc(Cl)c(C(=O)NCC2COc3ccccc3O2)c1. The molecule has 0 radical (unpaired) electrons. The van der Waals surface area contributed by atoms with Crippen LogP contribution < -0.4 is 19.1 Å². The number of hydrogen-bond acceptors (Lipinski definition) is 5. The Morgan fingerprint density at radius 3 is 2.55 bits per heavy atom. The van der Waals surface area contributed by atoms with Crippen molar-refractivity contribution < 1.29 is 27.1 Å². The van der Waals surface area contributed by atoms with Crippen LogP contribution in [0.25, 0.3) is 0 Å². The molecule has 172 valence electrons. The Morgan fingerprint density at radius 1 is 1.12 bits per heavy atom. The molecular weight excluding hydrogens is 471 g/mol. The minimum absolute atomic E-state index is 0.00220. The molecule has 10 heteroatoms. The summed E-state index contributed by atoms with van der Waals surface area (Å²) in [6.45, 7) is 0.387. The summed E-state index contributed by atoms with van der Waals surface area (Å²) in [6, 6.07) is 16.1. The van der Waals surface area contributed by atoms with Crippen molar-refractivity contribution in [1.29, 1.82) is 0 Å². The molecular formula is C23H20ClFN2O5S. The Hall–Kier alpha value is -3.30. The lowest BCUT2D eigenvalue weighted by atomic mass is 10.2. The zero-order valence-electron chi connectivity index (χ0n) is 17.5. The van der Waals surface area contributed by atoms with E-state index in [0.29, 0.717) is 11.5 Å². The van der Waals surface area contributed by atoms with Crippen molar-refractivity contribution in [2.75, 3.05) is 24.5 Å². The van der Waals surface area contributed by atoms with Gasteiger partial charge in [-0.25, -0.2) is 12.8 Å². The number of halogens is 2. The highest BCUT2D eigenvalue weighted by molar-refractivity contribution is 7.92. The first kappa shape index (κ1) is 22.9. The molecule has 0 fully saturated rings. The average Bonchev–Trinajstić information content (AvgIpc) is 2.82. The van der Waals surface area contributed by atoms with Crippen molar-refractivity contribution in [2.24, 2.45) is 0 Å². The molecule has 4 rings (SSSR count). The van der Waals surface area contributed by atoms with Gasteiger partial charge in [-0.3, -0.25) is 9.10 Å². The molecule has 1 amide bonds. The minimum atomic E-state index is -4.02. The van der Waals surface area contributed by atoms with E-state index in [1.165, 1.54) is 37.4 Å². The minimum Gasteiger partial charge on any atom is -0.486 e. The molecule has 1 N–H and O–H groups in total. The van der Waals surface area contributed by atoms with E-state index in [1.54, 1.807) is 12.1 Å². The lowest BCUT2D eigenvalue weighted by Crippen LogP contribution is -2.40. The number of fused-ring (bicyclic) bond motifs is 1. The molecule has 0 spiro atoms. The van der Waals surface area contributed by atoms with Gasteiger partial charge in [-0.15, -0.1) is 0 Å². The van der Waals surface area contributed by atoms with Gasteiger partial charge in [0.1, 0.15) is 18.5 Å². The van der Waals surface area contributed by atoms with Crippen LogP contribution in [0.4, 0.5) is 10.1 Å². The van der Waals surface area contributed by atoms with Crippen LogP contribution in [0.3, 0.4) is 0 Å². The highest BCUT2D eigenvalue weighted by Gasteiger charge is 2.25. The first-order valence-corrected chi connectivity index (χ1v) is 11.8. The molecule has 0 aromatic heterocycles. The molecule has 0 bridgehead atoms. The largest absolute Gasteiger partial charge is 0.486 e. The number of carbonyl (C=O) groups excluding carboxylic acids is 1. The second-order valence-electron chi connectivity index (χ2n) is 7.30. The Morgan fingerprint density at radius 2 is 1.82 bits per heavy atom. The van der Waals surface area contributed by atoms with E-state index < -0.39 is 27.9 Å². The van der Waals surface area contributed by atoms with Crippen molar-refractivity contribution in [3.05, 3.63) is 83.1 Å². The second-order valence-corrected chi connectivity index (χ2v) is 9.67. The van der Waals surface area contributed by atoms with E-state index in [-0.39, 0.29) is 34.3 Å². The topological polar surface area (TPSA) is 84.9 Å². The number of hydrogen-bond donors (Lipinski definition) is 1. The first-order valence-electron chi connectivity index (χ1n) is 9.96. The van der Waals surface area contributed by atoms with Gasteiger partial charge in [0.2, 0.25) is 0 Å². The van der Waals surface area contributed by atoms with Crippen LogP contribution in [0, 0.1) is 5.82 Å². The third-order valence-electron chi connectivity index (χ3n) is 5.09. The number of rotatable bonds is 6. The van der Waals surface area contributed by atoms with E-state index in [9.17, 15) is 17.6 Å². The lowest BCUT2D eigenvalue weighted by molar-refractivity contribution is 0.0789. The number of ether oxygens (including phenoxy) is 2. The van der Waals surface area contributed by atoms with E-state index in [1.807, 2.05) is 12.1 Å². The summed E-state index contributed by atoms with van der Waals surface area (Å²) in [7, 11) is -2.68. The molecule has 7 nitrogen and oxygen atoms in total. The Balaban J connectivity index is 1.48. The summed E-state index contributed by atoms with van der Waals surface area (Å²) in [5.41, 5.74) is 0.273. The normalized spacial score (nSPS) is 15.1.